The van der Waals surface area contributed by atoms with Crippen molar-refractivity contribution in [1.82, 2.24) is 4.90 Å². The third-order valence-corrected chi connectivity index (χ3v) is 5.84. The molecule has 1 unspecified atom stereocenters. The van der Waals surface area contributed by atoms with E-state index < -0.39 is 9.84 Å². The lowest BCUT2D eigenvalue weighted by atomic mass is 9.88. The maximum Gasteiger partial charge on any atom is 0.237 e. The SMILES string of the molecule is CCCS(=O)(=O)CC(=O)N(C)C1CCc2ccccc2C1. The third-order valence-electron chi connectivity index (χ3n) is 4.12. The Labute approximate surface area is 127 Å². The Kier molecular flexibility index (Phi) is 5.04. The molecule has 0 saturated carbocycles. The number of hydrogen-bond acceptors (Lipinski definition) is 3. The molecule has 1 aliphatic rings. The quantitative estimate of drug-likeness (QED) is 0.834. The minimum Gasteiger partial charge on any atom is -0.342 e. The van der Waals surface area contributed by atoms with Crippen LogP contribution in [-0.4, -0.2) is 43.8 Å². The molecule has 0 aliphatic heterocycles. The van der Waals surface area contributed by atoms with Gasteiger partial charge in [0.25, 0.3) is 0 Å². The van der Waals surface area contributed by atoms with E-state index in [4.69, 9.17) is 0 Å². The van der Waals surface area contributed by atoms with E-state index in [0.717, 1.165) is 19.3 Å². The molecule has 0 N–H and O–H groups in total. The van der Waals surface area contributed by atoms with Gasteiger partial charge in [-0.2, -0.15) is 0 Å². The zero-order valence-electron chi connectivity index (χ0n) is 12.7. The molecule has 1 aromatic carbocycles. The maximum atomic E-state index is 12.2. The summed E-state index contributed by atoms with van der Waals surface area (Å²) in [6, 6.07) is 8.36. The summed E-state index contributed by atoms with van der Waals surface area (Å²) in [4.78, 5) is 13.8. The van der Waals surface area contributed by atoms with Gasteiger partial charge in [0.2, 0.25) is 5.91 Å². The van der Waals surface area contributed by atoms with Crippen molar-refractivity contribution in [3.8, 4) is 0 Å². The lowest BCUT2D eigenvalue weighted by Gasteiger charge is -2.32. The van der Waals surface area contributed by atoms with Crippen LogP contribution < -0.4 is 0 Å². The number of nitrogens with zero attached hydrogens (tertiary/aromatic N) is 1. The van der Waals surface area contributed by atoms with E-state index in [9.17, 15) is 13.2 Å². The molecule has 0 fully saturated rings. The van der Waals surface area contributed by atoms with E-state index in [1.165, 1.54) is 11.1 Å². The van der Waals surface area contributed by atoms with E-state index in [1.807, 2.05) is 19.1 Å². The first kappa shape index (κ1) is 16.0. The second-order valence-corrected chi connectivity index (χ2v) is 7.95. The Morgan fingerprint density at radius 1 is 1.29 bits per heavy atom. The summed E-state index contributed by atoms with van der Waals surface area (Å²) in [5.74, 6) is -0.567. The molecule has 5 heteroatoms. The molecule has 1 atom stereocenters. The molecule has 2 rings (SSSR count). The highest BCUT2D eigenvalue weighted by atomic mass is 32.2. The van der Waals surface area contributed by atoms with Gasteiger partial charge < -0.3 is 4.90 Å². The van der Waals surface area contributed by atoms with E-state index in [0.29, 0.717) is 6.42 Å². The molecule has 4 nitrogen and oxygen atoms in total. The number of benzene rings is 1. The van der Waals surface area contributed by atoms with Crippen molar-refractivity contribution < 1.29 is 13.2 Å². The van der Waals surface area contributed by atoms with Crippen LogP contribution in [0.1, 0.15) is 30.9 Å². The maximum absolute atomic E-state index is 12.2. The lowest BCUT2D eigenvalue weighted by molar-refractivity contribution is -0.129. The highest BCUT2D eigenvalue weighted by molar-refractivity contribution is 7.92. The molecule has 0 saturated heterocycles. The molecule has 1 amide bonds. The zero-order valence-corrected chi connectivity index (χ0v) is 13.5. The van der Waals surface area contributed by atoms with E-state index in [2.05, 4.69) is 12.1 Å². The monoisotopic (exact) mass is 309 g/mol. The minimum absolute atomic E-state index is 0.0834. The average molecular weight is 309 g/mol. The standard InChI is InChI=1S/C16H23NO3S/c1-3-10-21(19,20)12-16(18)17(2)15-9-8-13-6-4-5-7-14(13)11-15/h4-7,15H,3,8-12H2,1-2H3. The molecule has 1 aromatic rings. The van der Waals surface area contributed by atoms with Gasteiger partial charge in [0, 0.05) is 13.1 Å². The number of amides is 1. The molecule has 21 heavy (non-hydrogen) atoms. The van der Waals surface area contributed by atoms with Crippen LogP contribution in [0.25, 0.3) is 0 Å². The molecule has 0 spiro atoms. The number of carbonyl (C=O) groups excluding carboxylic acids is 1. The van der Waals surface area contributed by atoms with Gasteiger partial charge in [-0.3, -0.25) is 4.79 Å². The van der Waals surface area contributed by atoms with Gasteiger partial charge in [-0.1, -0.05) is 31.2 Å². The number of likely N-dealkylation sites (N-methyl/N-ethyl adjacent to an activating group) is 1. The summed E-state index contributed by atoms with van der Waals surface area (Å²) in [6.07, 6.45) is 3.20. The van der Waals surface area contributed by atoms with Gasteiger partial charge in [0.05, 0.1) is 5.75 Å². The first-order valence-electron chi connectivity index (χ1n) is 7.46. The van der Waals surface area contributed by atoms with Crippen LogP contribution in [0.15, 0.2) is 24.3 Å². The van der Waals surface area contributed by atoms with Crippen LogP contribution in [0.4, 0.5) is 0 Å². The molecule has 0 aromatic heterocycles. The minimum atomic E-state index is -3.27. The Bertz CT molecular complexity index is 610. The fourth-order valence-corrected chi connectivity index (χ4v) is 4.23. The van der Waals surface area contributed by atoms with Gasteiger partial charge in [-0.05, 0) is 36.8 Å². The molecular weight excluding hydrogens is 286 g/mol. The Hall–Kier alpha value is -1.36. The topological polar surface area (TPSA) is 54.5 Å². The van der Waals surface area contributed by atoms with Crippen LogP contribution >= 0.6 is 0 Å². The van der Waals surface area contributed by atoms with Gasteiger partial charge in [0.15, 0.2) is 9.84 Å². The molecule has 116 valence electrons. The van der Waals surface area contributed by atoms with Crippen molar-refractivity contribution >= 4 is 15.7 Å². The highest BCUT2D eigenvalue weighted by Gasteiger charge is 2.27. The molecule has 0 heterocycles. The molecule has 0 radical (unpaired) electrons. The summed E-state index contributed by atoms with van der Waals surface area (Å²) in [7, 11) is -1.54. The van der Waals surface area contributed by atoms with Crippen molar-refractivity contribution in [2.75, 3.05) is 18.6 Å². The van der Waals surface area contributed by atoms with Gasteiger partial charge in [-0.25, -0.2) is 8.42 Å². The van der Waals surface area contributed by atoms with Gasteiger partial charge >= 0.3 is 0 Å². The van der Waals surface area contributed by atoms with Crippen LogP contribution in [0.5, 0.6) is 0 Å². The largest absolute Gasteiger partial charge is 0.342 e. The van der Waals surface area contributed by atoms with Crippen molar-refractivity contribution in [3.05, 3.63) is 35.4 Å². The van der Waals surface area contributed by atoms with Crippen LogP contribution in [-0.2, 0) is 27.5 Å². The fraction of sp³-hybridized carbons (Fsp3) is 0.562. The van der Waals surface area contributed by atoms with Crippen molar-refractivity contribution in [1.29, 1.82) is 0 Å². The number of hydrogen-bond donors (Lipinski definition) is 0. The first-order valence-corrected chi connectivity index (χ1v) is 9.28. The van der Waals surface area contributed by atoms with Crippen molar-refractivity contribution in [2.24, 2.45) is 0 Å². The Morgan fingerprint density at radius 3 is 2.62 bits per heavy atom. The Morgan fingerprint density at radius 2 is 1.95 bits per heavy atom. The molecular formula is C16H23NO3S. The predicted octanol–water partition coefficient (Wildman–Crippen LogP) is 1.83. The van der Waals surface area contributed by atoms with Gasteiger partial charge in [-0.15, -0.1) is 0 Å². The van der Waals surface area contributed by atoms with Crippen LogP contribution in [0.3, 0.4) is 0 Å². The average Bonchev–Trinajstić information content (AvgIpc) is 2.45. The number of aryl methyl sites for hydroxylation is 1. The number of sulfone groups is 1. The van der Waals surface area contributed by atoms with Crippen molar-refractivity contribution in [3.63, 3.8) is 0 Å². The van der Waals surface area contributed by atoms with E-state index in [-0.39, 0.29) is 23.5 Å². The van der Waals surface area contributed by atoms with E-state index in [1.54, 1.807) is 11.9 Å². The lowest BCUT2D eigenvalue weighted by Crippen LogP contribution is -2.43. The smallest absolute Gasteiger partial charge is 0.237 e. The van der Waals surface area contributed by atoms with Crippen molar-refractivity contribution in [2.45, 2.75) is 38.6 Å². The summed E-state index contributed by atoms with van der Waals surface area (Å²) < 4.78 is 23.6. The highest BCUT2D eigenvalue weighted by Crippen LogP contribution is 2.24. The third kappa shape index (κ3) is 4.06. The zero-order chi connectivity index (χ0) is 15.5. The second-order valence-electron chi connectivity index (χ2n) is 5.76. The summed E-state index contributed by atoms with van der Waals surface area (Å²) in [6.45, 7) is 1.81. The summed E-state index contributed by atoms with van der Waals surface area (Å²) >= 11 is 0. The molecule has 1 aliphatic carbocycles. The normalized spacial score (nSPS) is 18.1. The predicted molar refractivity (Wildman–Crippen MR) is 84.0 cm³/mol. The van der Waals surface area contributed by atoms with Crippen LogP contribution in [0, 0.1) is 0 Å². The summed E-state index contributed by atoms with van der Waals surface area (Å²) in [5, 5.41) is 0. The Balaban J connectivity index is 2.01. The summed E-state index contributed by atoms with van der Waals surface area (Å²) in [5.41, 5.74) is 2.61. The number of rotatable bonds is 5. The first-order chi connectivity index (χ1) is 9.93. The second kappa shape index (κ2) is 6.60. The number of fused-ring (bicyclic) bond motifs is 1. The fourth-order valence-electron chi connectivity index (χ4n) is 2.89. The van der Waals surface area contributed by atoms with Crippen LogP contribution in [0.2, 0.25) is 0 Å². The number of carbonyl (C=O) groups is 1. The van der Waals surface area contributed by atoms with E-state index >= 15 is 0 Å². The van der Waals surface area contributed by atoms with Gasteiger partial charge in [0.1, 0.15) is 5.75 Å². The molecule has 0 bridgehead atoms.